The first-order chi connectivity index (χ1) is 14.7. The Labute approximate surface area is 186 Å². The molecule has 1 saturated heterocycles. The van der Waals surface area contributed by atoms with Crippen LogP contribution < -0.4 is 10.0 Å². The molecule has 0 bridgehead atoms. The van der Waals surface area contributed by atoms with Gasteiger partial charge < -0.3 is 10.1 Å². The van der Waals surface area contributed by atoms with Crippen molar-refractivity contribution in [1.82, 2.24) is 9.62 Å². The average molecular weight is 488 g/mol. The van der Waals surface area contributed by atoms with Gasteiger partial charge in [-0.15, -0.1) is 0 Å². The lowest BCUT2D eigenvalue weighted by Crippen LogP contribution is -2.43. The first-order valence-corrected chi connectivity index (χ1v) is 12.9. The van der Waals surface area contributed by atoms with Crippen LogP contribution in [-0.4, -0.2) is 65.6 Å². The van der Waals surface area contributed by atoms with Gasteiger partial charge in [0.15, 0.2) is 0 Å². The minimum Gasteiger partial charge on any atom is -0.379 e. The Morgan fingerprint density at radius 2 is 1.74 bits per heavy atom. The molecule has 0 spiro atoms. The van der Waals surface area contributed by atoms with Crippen molar-refractivity contribution in [2.24, 2.45) is 0 Å². The van der Waals surface area contributed by atoms with Crippen LogP contribution in [0.25, 0.3) is 0 Å². The number of hydrogen-bond acceptors (Lipinski definition) is 6. The lowest BCUT2D eigenvalue weighted by molar-refractivity contribution is 0.0730. The average Bonchev–Trinajstić information content (AvgIpc) is 2.74. The zero-order valence-electron chi connectivity index (χ0n) is 16.5. The molecular formula is C19H22ClN3O6S2. The molecular weight excluding hydrogens is 466 g/mol. The van der Waals surface area contributed by atoms with Crippen LogP contribution in [0.4, 0.5) is 5.69 Å². The van der Waals surface area contributed by atoms with E-state index in [0.717, 1.165) is 0 Å². The van der Waals surface area contributed by atoms with E-state index in [-0.39, 0.29) is 41.5 Å². The summed E-state index contributed by atoms with van der Waals surface area (Å²) < 4.78 is 58.7. The van der Waals surface area contributed by atoms with Crippen LogP contribution in [-0.2, 0) is 24.8 Å². The maximum atomic E-state index is 12.6. The van der Waals surface area contributed by atoms with E-state index in [4.69, 9.17) is 16.3 Å². The SMILES string of the molecule is O=C(NCCS(=O)(=O)N1CCOCC1)c1cccc(S(=O)(=O)Nc2cccc(Cl)c2)c1. The van der Waals surface area contributed by atoms with Crippen LogP contribution in [0.3, 0.4) is 0 Å². The fraction of sp³-hybridized carbons (Fsp3) is 0.316. The van der Waals surface area contributed by atoms with Crippen molar-refractivity contribution in [2.75, 3.05) is 43.3 Å². The summed E-state index contributed by atoms with van der Waals surface area (Å²) in [5, 5.41) is 2.90. The molecule has 1 amide bonds. The Hall–Kier alpha value is -2.18. The van der Waals surface area contributed by atoms with Crippen molar-refractivity contribution >= 4 is 43.2 Å². The molecule has 2 aromatic rings. The molecule has 0 unspecified atom stereocenters. The molecule has 31 heavy (non-hydrogen) atoms. The zero-order chi connectivity index (χ0) is 22.5. The summed E-state index contributed by atoms with van der Waals surface area (Å²) in [5.41, 5.74) is 0.383. The third kappa shape index (κ3) is 6.40. The van der Waals surface area contributed by atoms with E-state index in [9.17, 15) is 21.6 Å². The highest BCUT2D eigenvalue weighted by Crippen LogP contribution is 2.20. The maximum absolute atomic E-state index is 12.6. The number of carbonyl (C=O) groups excluding carboxylic acids is 1. The zero-order valence-corrected chi connectivity index (χ0v) is 18.8. The molecule has 0 aliphatic carbocycles. The van der Waals surface area contributed by atoms with Gasteiger partial charge in [0, 0.05) is 30.2 Å². The number of halogens is 1. The number of sulfonamides is 2. The smallest absolute Gasteiger partial charge is 0.261 e. The van der Waals surface area contributed by atoms with Gasteiger partial charge in [-0.2, -0.15) is 4.31 Å². The number of nitrogens with one attached hydrogen (secondary N) is 2. The van der Waals surface area contributed by atoms with Crippen molar-refractivity contribution in [2.45, 2.75) is 4.90 Å². The topological polar surface area (TPSA) is 122 Å². The van der Waals surface area contributed by atoms with Gasteiger partial charge in [-0.3, -0.25) is 9.52 Å². The molecule has 1 aliphatic heterocycles. The number of amides is 1. The van der Waals surface area contributed by atoms with Gasteiger partial charge in [0.1, 0.15) is 0 Å². The van der Waals surface area contributed by atoms with Gasteiger partial charge in [-0.1, -0.05) is 23.7 Å². The standard InChI is InChI=1S/C19H22ClN3O6S2/c20-16-4-2-5-17(14-16)22-31(27,28)18-6-1-3-15(13-18)19(24)21-7-12-30(25,26)23-8-10-29-11-9-23/h1-6,13-14,22H,7-12H2,(H,21,24). The highest BCUT2D eigenvalue weighted by molar-refractivity contribution is 7.92. The number of carbonyl (C=O) groups is 1. The van der Waals surface area contributed by atoms with Gasteiger partial charge in [0.25, 0.3) is 15.9 Å². The number of ether oxygens (including phenoxy) is 1. The molecule has 2 aromatic carbocycles. The Morgan fingerprint density at radius 1 is 1.03 bits per heavy atom. The fourth-order valence-corrected chi connectivity index (χ4v) is 5.53. The second kappa shape index (κ2) is 9.96. The molecule has 2 N–H and O–H groups in total. The van der Waals surface area contributed by atoms with E-state index < -0.39 is 26.0 Å². The summed E-state index contributed by atoms with van der Waals surface area (Å²) in [4.78, 5) is 12.3. The second-order valence-electron chi connectivity index (χ2n) is 6.73. The van der Waals surface area contributed by atoms with Crippen molar-refractivity contribution in [1.29, 1.82) is 0 Å². The monoisotopic (exact) mass is 487 g/mol. The normalized spacial score (nSPS) is 15.4. The Bertz CT molecular complexity index is 1150. The van der Waals surface area contributed by atoms with Crippen LogP contribution >= 0.6 is 11.6 Å². The second-order valence-corrected chi connectivity index (χ2v) is 10.9. The van der Waals surface area contributed by atoms with Crippen LogP contribution in [0.5, 0.6) is 0 Å². The largest absolute Gasteiger partial charge is 0.379 e. The summed E-state index contributed by atoms with van der Waals surface area (Å²) in [6.07, 6.45) is 0. The first kappa shape index (κ1) is 23.5. The molecule has 3 rings (SSSR count). The van der Waals surface area contributed by atoms with Gasteiger partial charge >= 0.3 is 0 Å². The minimum atomic E-state index is -3.95. The minimum absolute atomic E-state index is 0.0951. The number of anilines is 1. The summed E-state index contributed by atoms with van der Waals surface area (Å²) in [5.74, 6) is -0.829. The Kier molecular flexibility index (Phi) is 7.55. The van der Waals surface area contributed by atoms with Gasteiger partial charge in [0.2, 0.25) is 10.0 Å². The number of hydrogen-bond donors (Lipinski definition) is 2. The molecule has 1 heterocycles. The maximum Gasteiger partial charge on any atom is 0.261 e. The number of morpholine rings is 1. The van der Waals surface area contributed by atoms with Crippen molar-refractivity contribution in [3.63, 3.8) is 0 Å². The van der Waals surface area contributed by atoms with Crippen molar-refractivity contribution in [3.8, 4) is 0 Å². The highest BCUT2D eigenvalue weighted by atomic mass is 35.5. The molecule has 1 aliphatic rings. The molecule has 0 radical (unpaired) electrons. The summed E-state index contributed by atoms with van der Waals surface area (Å²) in [7, 11) is -7.46. The summed E-state index contributed by atoms with van der Waals surface area (Å²) in [6.45, 7) is 1.16. The summed E-state index contributed by atoms with van der Waals surface area (Å²) in [6, 6.07) is 11.7. The quantitative estimate of drug-likeness (QED) is 0.582. The van der Waals surface area contributed by atoms with Crippen LogP contribution in [0.15, 0.2) is 53.4 Å². The van der Waals surface area contributed by atoms with Gasteiger partial charge in [0.05, 0.1) is 29.5 Å². The predicted molar refractivity (Wildman–Crippen MR) is 117 cm³/mol. The van der Waals surface area contributed by atoms with E-state index in [1.54, 1.807) is 18.2 Å². The molecule has 12 heteroatoms. The van der Waals surface area contributed by atoms with Gasteiger partial charge in [-0.05, 0) is 36.4 Å². The molecule has 0 atom stereocenters. The highest BCUT2D eigenvalue weighted by Gasteiger charge is 2.24. The molecule has 1 fully saturated rings. The van der Waals surface area contributed by atoms with Crippen LogP contribution in [0, 0.1) is 0 Å². The third-order valence-corrected chi connectivity index (χ3v) is 7.98. The Morgan fingerprint density at radius 3 is 2.45 bits per heavy atom. The van der Waals surface area contributed by atoms with E-state index in [2.05, 4.69) is 10.0 Å². The Balaban J connectivity index is 1.63. The molecule has 0 saturated carbocycles. The molecule has 0 aromatic heterocycles. The lowest BCUT2D eigenvalue weighted by atomic mass is 10.2. The number of rotatable bonds is 8. The molecule has 9 nitrogen and oxygen atoms in total. The van der Waals surface area contributed by atoms with E-state index >= 15 is 0 Å². The third-order valence-electron chi connectivity index (χ3n) is 4.49. The van der Waals surface area contributed by atoms with Crippen molar-refractivity contribution in [3.05, 3.63) is 59.1 Å². The van der Waals surface area contributed by atoms with Crippen molar-refractivity contribution < 1.29 is 26.4 Å². The number of nitrogens with zero attached hydrogens (tertiary/aromatic N) is 1. The van der Waals surface area contributed by atoms with E-state index in [0.29, 0.717) is 18.2 Å². The van der Waals surface area contributed by atoms with E-state index in [1.807, 2.05) is 0 Å². The van der Waals surface area contributed by atoms with Gasteiger partial charge in [-0.25, -0.2) is 16.8 Å². The summed E-state index contributed by atoms with van der Waals surface area (Å²) >= 11 is 5.88. The fourth-order valence-electron chi connectivity index (χ4n) is 2.92. The predicted octanol–water partition coefficient (Wildman–Crippen LogP) is 1.53. The van der Waals surface area contributed by atoms with Crippen LogP contribution in [0.2, 0.25) is 5.02 Å². The van der Waals surface area contributed by atoms with E-state index in [1.165, 1.54) is 34.6 Å². The number of benzene rings is 2. The first-order valence-electron chi connectivity index (χ1n) is 9.40. The lowest BCUT2D eigenvalue weighted by Gasteiger charge is -2.26. The van der Waals surface area contributed by atoms with Crippen LogP contribution in [0.1, 0.15) is 10.4 Å². The molecule has 168 valence electrons.